The smallest absolute Gasteiger partial charge is 0 e. The van der Waals surface area contributed by atoms with Crippen LogP contribution in [0.15, 0.2) is 0 Å². The molecule has 2 radical (unpaired) electrons. The molecular formula is H2O2PbSiTi. The summed E-state index contributed by atoms with van der Waals surface area (Å²) in [4.78, 5) is 0. The van der Waals surface area contributed by atoms with Crippen LogP contribution in [0.25, 0.3) is 0 Å². The molecule has 0 saturated heterocycles. The first-order valence-corrected chi connectivity index (χ1v) is 2.78. The molecule has 0 heterocycles. The quantitative estimate of drug-likeness (QED) is 0.508. The molecule has 0 atom stereocenters. The van der Waals surface area contributed by atoms with Crippen molar-refractivity contribution in [1.29, 1.82) is 0 Å². The molecule has 5 heteroatoms. The maximum absolute atomic E-state index is 8.42. The molecule has 0 rings (SSSR count). The minimum Gasteiger partial charge on any atom is 0 e. The van der Waals surface area contributed by atoms with Gasteiger partial charge in [-0.2, -0.15) is 0 Å². The van der Waals surface area contributed by atoms with E-state index in [4.69, 9.17) is 7.15 Å². The Morgan fingerprint density at radius 3 is 1.20 bits per heavy atom. The van der Waals surface area contributed by atoms with Gasteiger partial charge in [0.05, 0.1) is 0 Å². The summed E-state index contributed by atoms with van der Waals surface area (Å²) in [6.07, 6.45) is 0. The van der Waals surface area contributed by atoms with Gasteiger partial charge in [-0.25, -0.2) is 0 Å². The molecule has 0 aromatic carbocycles. The van der Waals surface area contributed by atoms with E-state index < -0.39 is 0 Å². The normalized spacial score (nSPS) is 1.60. The van der Waals surface area contributed by atoms with E-state index >= 15 is 0 Å². The Morgan fingerprint density at radius 2 is 1.20 bits per heavy atom. The van der Waals surface area contributed by atoms with E-state index in [1.54, 1.807) is 0 Å². The Bertz CT molecular complexity index is 11.6. The summed E-state index contributed by atoms with van der Waals surface area (Å²) in [5, 5.41) is 0. The van der Waals surface area contributed by atoms with Gasteiger partial charge in [0, 0.05) is 21.7 Å². The molecule has 0 aromatic heterocycles. The van der Waals surface area contributed by atoms with Crippen molar-refractivity contribution in [2.75, 3.05) is 0 Å². The van der Waals surface area contributed by atoms with Crippen LogP contribution in [0, 0.1) is 0 Å². The first kappa shape index (κ1) is 16.1. The van der Waals surface area contributed by atoms with Gasteiger partial charge in [0.2, 0.25) is 0 Å². The standard InChI is InChI=1S/HOSi.O.Pb.Ti.H/c1-2;;;;/h2H;;;;. The van der Waals surface area contributed by atoms with E-state index in [0.29, 0.717) is 0 Å². The topological polar surface area (TPSA) is 34.1 Å². The zero-order valence-corrected chi connectivity index (χ0v) is 9.68. The van der Waals surface area contributed by atoms with Crippen LogP contribution in [-0.2, 0) is 28.9 Å². The number of rotatable bonds is 0. The molecule has 0 aliphatic carbocycles. The van der Waals surface area contributed by atoms with Crippen LogP contribution in [0.3, 0.4) is 0 Å². The summed E-state index contributed by atoms with van der Waals surface area (Å²) in [6, 6.07) is 0. The zero-order chi connectivity index (χ0) is 4.00. The third-order valence-electron chi connectivity index (χ3n) is 0. The van der Waals surface area contributed by atoms with Crippen molar-refractivity contribution in [2.24, 2.45) is 0 Å². The monoisotopic (exact) mass is 318 g/mol. The second kappa shape index (κ2) is 51.2. The van der Waals surface area contributed by atoms with E-state index in [0.717, 1.165) is 0 Å². The molecule has 0 bridgehead atoms. The molecule has 0 unspecified atom stereocenters. The van der Waals surface area contributed by atoms with Gasteiger partial charge in [-0.1, -0.05) is 0 Å². The van der Waals surface area contributed by atoms with Crippen LogP contribution < -0.4 is 0 Å². The van der Waals surface area contributed by atoms with Crippen LogP contribution in [0.2, 0.25) is 0 Å². The number of hydrogen-bond acceptors (Lipinski definition) is 2. The van der Waals surface area contributed by atoms with E-state index in [1.165, 1.54) is 10.1 Å². The van der Waals surface area contributed by atoms with Gasteiger partial charge in [0.1, 0.15) is 0 Å². The van der Waals surface area contributed by atoms with Gasteiger partial charge in [0.15, 0.2) is 0 Å². The van der Waals surface area contributed by atoms with Crippen molar-refractivity contribution < 1.29 is 28.9 Å². The number of hydrogen-bond donors (Lipinski definition) is 0. The van der Waals surface area contributed by atoms with Crippen molar-refractivity contribution in [3.8, 4) is 0 Å². The van der Waals surface area contributed by atoms with E-state index in [-0.39, 0.29) is 47.5 Å². The van der Waals surface area contributed by atoms with Crippen LogP contribution in [0.1, 0.15) is 0 Å². The first-order chi connectivity index (χ1) is 2.00. The van der Waals surface area contributed by atoms with Crippen molar-refractivity contribution in [3.63, 3.8) is 0 Å². The summed E-state index contributed by atoms with van der Waals surface area (Å²) in [7, 11) is 1.17. The predicted molar refractivity (Wildman–Crippen MR) is 15.7 cm³/mol. The van der Waals surface area contributed by atoms with Crippen molar-refractivity contribution in [3.05, 3.63) is 0 Å². The minimum atomic E-state index is -0.0833. The maximum atomic E-state index is 8.42. The van der Waals surface area contributed by atoms with E-state index in [1.807, 2.05) is 0 Å². The average Bonchev–Trinajstić information content (AvgIpc) is 1.50. The van der Waals surface area contributed by atoms with E-state index in [9.17, 15) is 0 Å². The van der Waals surface area contributed by atoms with E-state index in [2.05, 4.69) is 0 Å². The molecule has 0 aliphatic rings. The summed E-state index contributed by atoms with van der Waals surface area (Å²) in [6.45, 7) is 0. The Balaban J connectivity index is -0.0000000133. The van der Waals surface area contributed by atoms with Gasteiger partial charge in [-0.15, -0.1) is 0 Å². The fourth-order valence-electron chi connectivity index (χ4n) is 0. The molecule has 0 aliphatic heterocycles. The van der Waals surface area contributed by atoms with Crippen LogP contribution >= 0.6 is 0 Å². The fourth-order valence-corrected chi connectivity index (χ4v) is 0. The minimum absolute atomic E-state index is 0. The van der Waals surface area contributed by atoms with Gasteiger partial charge in [0.25, 0.3) is 0 Å². The van der Waals surface area contributed by atoms with Crippen molar-refractivity contribution in [2.45, 2.75) is 0 Å². The summed E-state index contributed by atoms with van der Waals surface area (Å²) in [5.41, 5.74) is 0. The molecular weight excluding hydrogens is 315 g/mol. The van der Waals surface area contributed by atoms with Crippen molar-refractivity contribution in [1.82, 2.24) is 0 Å². The third kappa shape index (κ3) is 30.8. The molecule has 2 nitrogen and oxygen atoms in total. The summed E-state index contributed by atoms with van der Waals surface area (Å²) < 4.78 is 16.6. The van der Waals surface area contributed by atoms with Crippen LogP contribution in [-0.4, -0.2) is 35.9 Å². The molecule has 26 valence electrons. The second-order valence-corrected chi connectivity index (χ2v) is 0. The molecule has 0 fully saturated rings. The van der Waals surface area contributed by atoms with Gasteiger partial charge in [-0.05, 0) is 0 Å². The molecule has 0 aromatic rings. The molecule has 0 spiro atoms. The summed E-state index contributed by atoms with van der Waals surface area (Å²) in [5.74, 6) is 0. The maximum Gasteiger partial charge on any atom is 0 e. The van der Waals surface area contributed by atoms with Crippen LogP contribution in [0.5, 0.6) is 0 Å². The fraction of sp³-hybridized carbons (Fsp3) is 0. The largest absolute Gasteiger partial charge is 0 e. The Kier molecular flexibility index (Phi) is 165. The Hall–Kier alpha value is 1.45. The molecule has 5 heavy (non-hydrogen) atoms. The Labute approximate surface area is 64.2 Å². The van der Waals surface area contributed by atoms with Gasteiger partial charge in [-0.3, -0.25) is 0 Å². The SMILES string of the molecule is O=[SiH].[O]=[PbH].[Ti]. The second-order valence-electron chi connectivity index (χ2n) is 0. The van der Waals surface area contributed by atoms with Crippen LogP contribution in [0.4, 0.5) is 0 Å². The molecule has 0 N–H and O–H groups in total. The molecule has 0 amide bonds. The Morgan fingerprint density at radius 1 is 1.20 bits per heavy atom. The zero-order valence-electron chi connectivity index (χ0n) is 2.47. The molecule has 0 saturated carbocycles. The predicted octanol–water partition coefficient (Wildman–Crippen LogP) is -1.54. The average molecular weight is 317 g/mol. The van der Waals surface area contributed by atoms with Gasteiger partial charge < -0.3 is 4.46 Å². The van der Waals surface area contributed by atoms with Crippen molar-refractivity contribution >= 4 is 35.9 Å². The third-order valence-corrected chi connectivity index (χ3v) is 0. The summed E-state index contributed by atoms with van der Waals surface area (Å²) >= 11 is -0.0833. The van der Waals surface area contributed by atoms with Gasteiger partial charge >= 0.3 is 38.6 Å². The first-order valence-electron chi connectivity index (χ1n) is 0.471.